The SMILES string of the molecule is O=S([O-])(=S)Cl.O=S([O-])(=S)Cl.[Ca+2]. The Morgan fingerprint density at radius 1 is 1.00 bits per heavy atom. The molecule has 0 aromatic rings. The Balaban J connectivity index is -0.000000107. The van der Waals surface area contributed by atoms with E-state index in [0.717, 1.165) is 0 Å². The van der Waals surface area contributed by atoms with Crippen molar-refractivity contribution in [3.8, 4) is 0 Å². The maximum atomic E-state index is 9.21. The van der Waals surface area contributed by atoms with Gasteiger partial charge in [-0.1, -0.05) is 0 Å². The average Bonchev–Trinajstić information content (AvgIpc) is 1.12. The molecule has 0 aromatic heterocycles. The van der Waals surface area contributed by atoms with Crippen molar-refractivity contribution in [1.29, 1.82) is 0 Å². The monoisotopic (exact) mass is 302 g/mol. The Morgan fingerprint density at radius 2 is 1.00 bits per heavy atom. The van der Waals surface area contributed by atoms with Gasteiger partial charge in [0, 0.05) is 0 Å². The standard InChI is InChI=1S/Ca.2ClHO2S2/c;2*1-5(2,3)4/h;2*(H,2,3,4)/q+2;;/p-2. The summed E-state index contributed by atoms with van der Waals surface area (Å²) >= 11 is 7.13. The van der Waals surface area contributed by atoms with Crippen LogP contribution in [0, 0.1) is 0 Å². The zero-order valence-electron chi connectivity index (χ0n) is 4.73. The largest absolute Gasteiger partial charge is 2.00 e. The van der Waals surface area contributed by atoms with Gasteiger partial charge in [0.05, 0.1) is 16.0 Å². The molecule has 0 aromatic carbocycles. The molecule has 4 nitrogen and oxygen atoms in total. The molecule has 2 atom stereocenters. The van der Waals surface area contributed by atoms with Crippen molar-refractivity contribution in [1.82, 2.24) is 0 Å². The van der Waals surface area contributed by atoms with Gasteiger partial charge < -0.3 is 9.11 Å². The maximum absolute atomic E-state index is 9.21. The first-order chi connectivity index (χ1) is 4.00. The van der Waals surface area contributed by atoms with E-state index in [1.165, 1.54) is 0 Å². The van der Waals surface area contributed by atoms with Crippen LogP contribution in [0.3, 0.4) is 0 Å². The van der Waals surface area contributed by atoms with Gasteiger partial charge in [0.2, 0.25) is 0 Å². The van der Waals surface area contributed by atoms with Gasteiger partial charge in [-0.25, -0.2) is 0 Å². The van der Waals surface area contributed by atoms with Crippen LogP contribution in [0.5, 0.6) is 0 Å². The van der Waals surface area contributed by atoms with Crippen LogP contribution < -0.4 is 0 Å². The van der Waals surface area contributed by atoms with E-state index in [0.29, 0.717) is 0 Å². The van der Waals surface area contributed by atoms with Gasteiger partial charge in [-0.05, 0) is 43.7 Å². The molecule has 0 aliphatic carbocycles. The first-order valence-corrected chi connectivity index (χ1v) is 7.78. The van der Waals surface area contributed by atoms with E-state index in [4.69, 9.17) is 0 Å². The van der Waals surface area contributed by atoms with Crippen molar-refractivity contribution in [2.75, 3.05) is 0 Å². The molecule has 0 bridgehead atoms. The van der Waals surface area contributed by atoms with Crippen molar-refractivity contribution in [3.05, 3.63) is 0 Å². The van der Waals surface area contributed by atoms with Gasteiger partial charge >= 0.3 is 37.7 Å². The van der Waals surface area contributed by atoms with Crippen LogP contribution in [0.15, 0.2) is 0 Å². The minimum Gasteiger partial charge on any atom is -0.757 e. The third kappa shape index (κ3) is 221. The van der Waals surface area contributed by atoms with E-state index in [-0.39, 0.29) is 37.7 Å². The Labute approximate surface area is 113 Å². The normalized spacial score (nSPS) is 19.3. The number of hydrogen-bond acceptors (Lipinski definition) is 6. The molecule has 0 heterocycles. The van der Waals surface area contributed by atoms with Crippen LogP contribution in [-0.2, 0) is 38.3 Å². The number of rotatable bonds is 0. The third-order valence-corrected chi connectivity index (χ3v) is 0. The molecule has 11 heavy (non-hydrogen) atoms. The summed E-state index contributed by atoms with van der Waals surface area (Å²) in [7, 11) is 1.41. The molecule has 0 N–H and O–H groups in total. The summed E-state index contributed by atoms with van der Waals surface area (Å²) < 4.78 is 36.8. The van der Waals surface area contributed by atoms with Crippen LogP contribution in [-0.4, -0.2) is 55.3 Å². The van der Waals surface area contributed by atoms with E-state index < -0.39 is 16.0 Å². The fourth-order valence-electron chi connectivity index (χ4n) is 0. The molecule has 0 spiro atoms. The number of halogens is 2. The molecular weight excluding hydrogens is 303 g/mol. The second-order valence-electron chi connectivity index (χ2n) is 0.786. The summed E-state index contributed by atoms with van der Waals surface area (Å²) in [5.41, 5.74) is 0. The smallest absolute Gasteiger partial charge is 0.757 e. The summed E-state index contributed by atoms with van der Waals surface area (Å²) in [6.07, 6.45) is 0. The molecule has 0 radical (unpaired) electrons. The zero-order valence-corrected chi connectivity index (χ0v) is 11.7. The Hall–Kier alpha value is 2.50. The zero-order chi connectivity index (χ0) is 9.00. The van der Waals surface area contributed by atoms with Crippen LogP contribution in [0.2, 0.25) is 0 Å². The second-order valence-corrected chi connectivity index (χ2v) is 8.53. The summed E-state index contributed by atoms with van der Waals surface area (Å²) in [4.78, 5) is 0. The first kappa shape index (κ1) is 19.1. The second kappa shape index (κ2) is 7.86. The van der Waals surface area contributed by atoms with Crippen LogP contribution in [0.1, 0.15) is 0 Å². The van der Waals surface area contributed by atoms with E-state index >= 15 is 0 Å². The van der Waals surface area contributed by atoms with E-state index in [9.17, 15) is 17.5 Å². The van der Waals surface area contributed by atoms with Gasteiger partial charge in [-0.15, -0.1) is 0 Å². The van der Waals surface area contributed by atoms with Crippen LogP contribution in [0.25, 0.3) is 0 Å². The summed E-state index contributed by atoms with van der Waals surface area (Å²) in [6, 6.07) is 0. The predicted octanol–water partition coefficient (Wildman–Crippen LogP) is -0.347. The first-order valence-electron chi connectivity index (χ1n) is 1.31. The molecule has 0 amide bonds. The molecule has 64 valence electrons. The summed E-state index contributed by atoms with van der Waals surface area (Å²) in [5.74, 6) is 0. The Bertz CT molecular complexity index is 216. The van der Waals surface area contributed by atoms with Gasteiger partial charge in [0.25, 0.3) is 0 Å². The van der Waals surface area contributed by atoms with Gasteiger partial charge in [0.1, 0.15) is 0 Å². The molecule has 11 heteroatoms. The Kier molecular flexibility index (Phi) is 13.7. The van der Waals surface area contributed by atoms with E-state index in [1.54, 1.807) is 0 Å². The Morgan fingerprint density at radius 3 is 1.00 bits per heavy atom. The third-order valence-electron chi connectivity index (χ3n) is 0. The van der Waals surface area contributed by atoms with Crippen molar-refractivity contribution >= 4 is 97.5 Å². The fraction of sp³-hybridized carbons (Fsp3) is 0. The molecule has 0 saturated carbocycles. The average molecular weight is 303 g/mol. The van der Waals surface area contributed by atoms with Crippen LogP contribution >= 0.6 is 21.4 Å². The molecular formula is CaCl2O4S4. The fourth-order valence-corrected chi connectivity index (χ4v) is 0. The molecule has 2 unspecified atom stereocenters. The van der Waals surface area contributed by atoms with Gasteiger partial charge in [-0.2, -0.15) is 0 Å². The van der Waals surface area contributed by atoms with E-state index in [2.05, 4.69) is 43.7 Å². The summed E-state index contributed by atoms with van der Waals surface area (Å²) in [6.45, 7) is 0. The van der Waals surface area contributed by atoms with Crippen molar-refractivity contribution in [2.24, 2.45) is 0 Å². The van der Waals surface area contributed by atoms with Crippen molar-refractivity contribution < 1.29 is 17.5 Å². The van der Waals surface area contributed by atoms with Crippen molar-refractivity contribution in [3.63, 3.8) is 0 Å². The van der Waals surface area contributed by atoms with E-state index in [1.807, 2.05) is 0 Å². The van der Waals surface area contributed by atoms with Crippen molar-refractivity contribution in [2.45, 2.75) is 0 Å². The molecule has 0 saturated heterocycles. The van der Waals surface area contributed by atoms with Crippen LogP contribution in [0.4, 0.5) is 0 Å². The predicted molar refractivity (Wildman–Crippen MR) is 50.0 cm³/mol. The summed E-state index contributed by atoms with van der Waals surface area (Å²) in [5, 5.41) is 0. The minimum atomic E-state index is -3.61. The molecule has 0 fully saturated rings. The molecule has 0 aliphatic heterocycles. The quantitative estimate of drug-likeness (QED) is 0.450. The number of hydrogen-bond donors (Lipinski definition) is 0. The van der Waals surface area contributed by atoms with Gasteiger partial charge in [-0.3, -0.25) is 8.42 Å². The maximum Gasteiger partial charge on any atom is 2.00 e. The molecule has 0 aliphatic rings. The minimum absolute atomic E-state index is 0. The topological polar surface area (TPSA) is 80.3 Å². The van der Waals surface area contributed by atoms with Gasteiger partial charge in [0.15, 0.2) is 0 Å². The molecule has 0 rings (SSSR count).